The highest BCUT2D eigenvalue weighted by Crippen LogP contribution is 2.17. The maximum absolute atomic E-state index is 11.9. The van der Waals surface area contributed by atoms with Crippen LogP contribution in [0.25, 0.3) is 0 Å². The lowest BCUT2D eigenvalue weighted by Crippen LogP contribution is -2.41. The minimum atomic E-state index is -0.625. The highest BCUT2D eigenvalue weighted by Gasteiger charge is 2.17. The Hall–Kier alpha value is -1.84. The van der Waals surface area contributed by atoms with Crippen molar-refractivity contribution >= 4 is 12.2 Å². The molecule has 4 heteroatoms. The number of hydrogen-bond donors (Lipinski definition) is 1. The van der Waals surface area contributed by atoms with E-state index in [1.54, 1.807) is 31.2 Å². The fourth-order valence-corrected chi connectivity index (χ4v) is 1.79. The molecule has 104 valence electrons. The average molecular weight is 263 g/mol. The van der Waals surface area contributed by atoms with Crippen molar-refractivity contribution in [1.29, 1.82) is 0 Å². The van der Waals surface area contributed by atoms with E-state index < -0.39 is 6.10 Å². The zero-order valence-corrected chi connectivity index (χ0v) is 11.7. The Labute approximate surface area is 114 Å². The summed E-state index contributed by atoms with van der Waals surface area (Å²) < 4.78 is 5.53. The Morgan fingerprint density at radius 3 is 2.68 bits per heavy atom. The number of carbonyl (C=O) groups is 2. The van der Waals surface area contributed by atoms with Crippen molar-refractivity contribution in [3.05, 3.63) is 29.8 Å². The molecule has 2 atom stereocenters. The molecule has 0 spiro atoms. The van der Waals surface area contributed by atoms with Crippen LogP contribution in [0.2, 0.25) is 0 Å². The van der Waals surface area contributed by atoms with Crippen LogP contribution in [0.3, 0.4) is 0 Å². The second-order valence-electron chi connectivity index (χ2n) is 4.61. The highest BCUT2D eigenvalue weighted by molar-refractivity contribution is 5.82. The van der Waals surface area contributed by atoms with Crippen molar-refractivity contribution < 1.29 is 14.3 Å². The summed E-state index contributed by atoms with van der Waals surface area (Å²) in [7, 11) is 0. The lowest BCUT2D eigenvalue weighted by atomic mass is 10.2. The van der Waals surface area contributed by atoms with E-state index in [0.29, 0.717) is 11.3 Å². The Balaban J connectivity index is 2.61. The van der Waals surface area contributed by atoms with Crippen molar-refractivity contribution in [1.82, 2.24) is 5.32 Å². The first-order valence-electron chi connectivity index (χ1n) is 6.59. The van der Waals surface area contributed by atoms with Gasteiger partial charge in [0.25, 0.3) is 5.91 Å². The molecule has 0 heterocycles. The quantitative estimate of drug-likeness (QED) is 0.769. The van der Waals surface area contributed by atoms with Gasteiger partial charge in [0, 0.05) is 6.04 Å². The number of amides is 1. The first-order chi connectivity index (χ1) is 9.08. The van der Waals surface area contributed by atoms with Gasteiger partial charge in [0.1, 0.15) is 5.75 Å². The number of carbonyl (C=O) groups excluding carboxylic acids is 2. The van der Waals surface area contributed by atoms with Crippen LogP contribution in [-0.4, -0.2) is 24.3 Å². The highest BCUT2D eigenvalue weighted by atomic mass is 16.5. The molecule has 1 rings (SSSR count). The first-order valence-corrected chi connectivity index (χ1v) is 6.59. The molecule has 1 aromatic rings. The van der Waals surface area contributed by atoms with E-state index >= 15 is 0 Å². The van der Waals surface area contributed by atoms with E-state index in [1.165, 1.54) is 0 Å². The molecule has 0 aliphatic heterocycles. The molecule has 0 saturated heterocycles. The van der Waals surface area contributed by atoms with Crippen LogP contribution in [0.5, 0.6) is 5.75 Å². The van der Waals surface area contributed by atoms with Gasteiger partial charge in [-0.2, -0.15) is 0 Å². The average Bonchev–Trinajstić information content (AvgIpc) is 2.39. The molecular weight excluding hydrogens is 242 g/mol. The molecular formula is C15H21NO3. The second kappa shape index (κ2) is 7.56. The zero-order valence-electron chi connectivity index (χ0n) is 11.7. The first kappa shape index (κ1) is 15.2. The van der Waals surface area contributed by atoms with E-state index in [1.807, 2.05) is 6.92 Å². The van der Waals surface area contributed by atoms with Crippen LogP contribution in [0.15, 0.2) is 24.3 Å². The number of benzene rings is 1. The van der Waals surface area contributed by atoms with Crippen molar-refractivity contribution in [3.63, 3.8) is 0 Å². The van der Waals surface area contributed by atoms with Crippen LogP contribution in [0.4, 0.5) is 0 Å². The number of aldehydes is 1. The summed E-state index contributed by atoms with van der Waals surface area (Å²) in [6.07, 6.45) is 2.05. The SMILES string of the molecule is CCCC(C)NC(=O)C(C)Oc1ccccc1C=O. The molecule has 0 bridgehead atoms. The van der Waals surface area contributed by atoms with Gasteiger partial charge in [-0.05, 0) is 32.4 Å². The molecule has 1 amide bonds. The Kier molecular flexibility index (Phi) is 6.06. The Bertz CT molecular complexity index is 431. The van der Waals surface area contributed by atoms with Crippen LogP contribution < -0.4 is 10.1 Å². The predicted octanol–water partition coefficient (Wildman–Crippen LogP) is 2.57. The molecule has 0 radical (unpaired) electrons. The van der Waals surface area contributed by atoms with Crippen molar-refractivity contribution in [2.24, 2.45) is 0 Å². The lowest BCUT2D eigenvalue weighted by molar-refractivity contribution is -0.127. The monoisotopic (exact) mass is 263 g/mol. The van der Waals surface area contributed by atoms with Gasteiger partial charge in [0.2, 0.25) is 0 Å². The van der Waals surface area contributed by atoms with E-state index in [9.17, 15) is 9.59 Å². The minimum absolute atomic E-state index is 0.130. The molecule has 0 aliphatic rings. The summed E-state index contributed by atoms with van der Waals surface area (Å²) in [6, 6.07) is 7.00. The lowest BCUT2D eigenvalue weighted by Gasteiger charge is -2.19. The number of para-hydroxylation sites is 1. The number of ether oxygens (including phenoxy) is 1. The molecule has 1 aromatic carbocycles. The summed E-state index contributed by atoms with van der Waals surface area (Å²) in [5.74, 6) is 0.268. The molecule has 0 saturated carbocycles. The summed E-state index contributed by atoms with van der Waals surface area (Å²) in [5.41, 5.74) is 0.448. The van der Waals surface area contributed by atoms with Crippen molar-refractivity contribution in [3.8, 4) is 5.75 Å². The summed E-state index contributed by atoms with van der Waals surface area (Å²) >= 11 is 0. The van der Waals surface area contributed by atoms with E-state index in [2.05, 4.69) is 12.2 Å². The second-order valence-corrected chi connectivity index (χ2v) is 4.61. The van der Waals surface area contributed by atoms with Gasteiger partial charge in [-0.25, -0.2) is 0 Å². The maximum Gasteiger partial charge on any atom is 0.260 e. The molecule has 0 aliphatic carbocycles. The standard InChI is InChI=1S/C15H21NO3/c1-4-7-11(2)16-15(18)12(3)19-14-9-6-5-8-13(14)10-17/h5-6,8-12H,4,7H2,1-3H3,(H,16,18). The van der Waals surface area contributed by atoms with Gasteiger partial charge in [-0.1, -0.05) is 25.5 Å². The van der Waals surface area contributed by atoms with Crippen molar-refractivity contribution in [2.45, 2.75) is 45.8 Å². The Morgan fingerprint density at radius 2 is 2.05 bits per heavy atom. The number of rotatable bonds is 7. The number of nitrogens with one attached hydrogen (secondary N) is 1. The van der Waals surface area contributed by atoms with E-state index in [4.69, 9.17) is 4.74 Å². The van der Waals surface area contributed by atoms with Crippen LogP contribution in [0, 0.1) is 0 Å². The van der Waals surface area contributed by atoms with Gasteiger partial charge >= 0.3 is 0 Å². The molecule has 2 unspecified atom stereocenters. The third-order valence-corrected chi connectivity index (χ3v) is 2.83. The van der Waals surface area contributed by atoms with Gasteiger partial charge in [-0.3, -0.25) is 9.59 Å². The fraction of sp³-hybridized carbons (Fsp3) is 0.467. The number of hydrogen-bond acceptors (Lipinski definition) is 3. The van der Waals surface area contributed by atoms with E-state index in [0.717, 1.165) is 19.1 Å². The van der Waals surface area contributed by atoms with Crippen LogP contribution in [-0.2, 0) is 4.79 Å². The molecule has 1 N–H and O–H groups in total. The van der Waals surface area contributed by atoms with Crippen LogP contribution in [0.1, 0.15) is 44.0 Å². The van der Waals surface area contributed by atoms with Gasteiger partial charge < -0.3 is 10.1 Å². The molecule has 19 heavy (non-hydrogen) atoms. The zero-order chi connectivity index (χ0) is 14.3. The largest absolute Gasteiger partial charge is 0.480 e. The van der Waals surface area contributed by atoms with E-state index in [-0.39, 0.29) is 11.9 Å². The smallest absolute Gasteiger partial charge is 0.260 e. The summed E-state index contributed by atoms with van der Waals surface area (Å²) in [4.78, 5) is 22.8. The normalized spacial score (nSPS) is 13.4. The van der Waals surface area contributed by atoms with Gasteiger partial charge in [0.05, 0.1) is 5.56 Å². The Morgan fingerprint density at radius 1 is 1.37 bits per heavy atom. The van der Waals surface area contributed by atoms with Gasteiger partial charge in [0.15, 0.2) is 12.4 Å². The minimum Gasteiger partial charge on any atom is -0.480 e. The van der Waals surface area contributed by atoms with Gasteiger partial charge in [-0.15, -0.1) is 0 Å². The molecule has 4 nitrogen and oxygen atoms in total. The predicted molar refractivity (Wildman–Crippen MR) is 74.4 cm³/mol. The maximum atomic E-state index is 11.9. The molecule has 0 aromatic heterocycles. The fourth-order valence-electron chi connectivity index (χ4n) is 1.79. The summed E-state index contributed by atoms with van der Waals surface area (Å²) in [5, 5.41) is 2.89. The summed E-state index contributed by atoms with van der Waals surface area (Å²) in [6.45, 7) is 5.71. The topological polar surface area (TPSA) is 55.4 Å². The molecule has 0 fully saturated rings. The van der Waals surface area contributed by atoms with Crippen LogP contribution >= 0.6 is 0 Å². The third-order valence-electron chi connectivity index (χ3n) is 2.83. The third kappa shape index (κ3) is 4.73. The van der Waals surface area contributed by atoms with Crippen molar-refractivity contribution in [2.75, 3.05) is 0 Å².